The molecule has 1 aliphatic heterocycles. The van der Waals surface area contributed by atoms with E-state index in [4.69, 9.17) is 18.4 Å². The zero-order valence-electron chi connectivity index (χ0n) is 20.8. The van der Waals surface area contributed by atoms with E-state index in [1.807, 2.05) is 30.3 Å². The minimum Gasteiger partial charge on any atom is -0.467 e. The summed E-state index contributed by atoms with van der Waals surface area (Å²) in [6.07, 6.45) is 2.03. The van der Waals surface area contributed by atoms with Crippen LogP contribution in [0.1, 0.15) is 31.6 Å². The number of nitrogens with zero attached hydrogens (tertiary/aromatic N) is 3. The second-order valence-corrected chi connectivity index (χ2v) is 9.45. The molecule has 1 aliphatic rings. The summed E-state index contributed by atoms with van der Waals surface area (Å²) in [5, 5.41) is 15.3. The van der Waals surface area contributed by atoms with Crippen molar-refractivity contribution in [3.63, 3.8) is 0 Å². The number of benzene rings is 1. The lowest BCUT2D eigenvalue weighted by atomic mass is 10.1. The van der Waals surface area contributed by atoms with E-state index in [9.17, 15) is 5.11 Å². The Labute approximate surface area is 207 Å². The lowest BCUT2D eigenvalue weighted by Gasteiger charge is -2.29. The standard InChI is InChI=1S/C27H37N3O5/c1-21(2)10-11-29(17-23(31)19-33-20-24-9-6-14-34-24)18-25-26(22-7-4-3-5-8-22)28-35-27(25)30-12-15-32-16-13-30/h3-9,14,21,23,31H,10-13,15-20H2,1-2H3/t23-/m1/s1. The van der Waals surface area contributed by atoms with Crippen LogP contribution in [0.4, 0.5) is 5.88 Å². The molecule has 3 aromatic rings. The molecule has 0 unspecified atom stereocenters. The van der Waals surface area contributed by atoms with Gasteiger partial charge in [-0.25, -0.2) is 0 Å². The molecule has 8 nitrogen and oxygen atoms in total. The zero-order chi connectivity index (χ0) is 24.5. The Kier molecular flexibility index (Phi) is 9.36. The summed E-state index contributed by atoms with van der Waals surface area (Å²) in [6, 6.07) is 13.8. The van der Waals surface area contributed by atoms with Crippen LogP contribution in [0.2, 0.25) is 0 Å². The van der Waals surface area contributed by atoms with Crippen molar-refractivity contribution in [2.45, 2.75) is 39.5 Å². The minimum atomic E-state index is -0.621. The first-order valence-corrected chi connectivity index (χ1v) is 12.5. The number of aliphatic hydroxyl groups excluding tert-OH is 1. The molecule has 2 aromatic heterocycles. The maximum atomic E-state index is 10.8. The van der Waals surface area contributed by atoms with Crippen molar-refractivity contribution in [2.24, 2.45) is 5.92 Å². The van der Waals surface area contributed by atoms with Crippen molar-refractivity contribution in [3.8, 4) is 11.3 Å². The third-order valence-electron chi connectivity index (χ3n) is 6.12. The molecule has 1 saturated heterocycles. The van der Waals surface area contributed by atoms with Crippen LogP contribution in [0.25, 0.3) is 11.3 Å². The van der Waals surface area contributed by atoms with Crippen LogP contribution < -0.4 is 4.90 Å². The second kappa shape index (κ2) is 12.9. The van der Waals surface area contributed by atoms with Gasteiger partial charge >= 0.3 is 0 Å². The van der Waals surface area contributed by atoms with Gasteiger partial charge in [-0.05, 0) is 31.0 Å². The smallest absolute Gasteiger partial charge is 0.232 e. The first-order valence-electron chi connectivity index (χ1n) is 12.5. The van der Waals surface area contributed by atoms with Gasteiger partial charge in [-0.1, -0.05) is 49.3 Å². The van der Waals surface area contributed by atoms with Crippen LogP contribution in [0, 0.1) is 5.92 Å². The molecule has 0 bridgehead atoms. The van der Waals surface area contributed by atoms with Gasteiger partial charge in [0.2, 0.25) is 5.88 Å². The summed E-state index contributed by atoms with van der Waals surface area (Å²) in [6.45, 7) is 9.88. The van der Waals surface area contributed by atoms with Crippen molar-refractivity contribution in [1.29, 1.82) is 0 Å². The fourth-order valence-corrected chi connectivity index (χ4v) is 4.22. The quantitative estimate of drug-likeness (QED) is 0.387. The maximum Gasteiger partial charge on any atom is 0.232 e. The normalized spacial score (nSPS) is 15.3. The van der Waals surface area contributed by atoms with Gasteiger partial charge in [0.05, 0.1) is 37.8 Å². The highest BCUT2D eigenvalue weighted by Crippen LogP contribution is 2.33. The summed E-state index contributed by atoms with van der Waals surface area (Å²) in [4.78, 5) is 4.49. The number of aliphatic hydroxyl groups is 1. The molecule has 3 heterocycles. The Morgan fingerprint density at radius 2 is 1.91 bits per heavy atom. The van der Waals surface area contributed by atoms with Crippen LogP contribution in [0.5, 0.6) is 0 Å². The first kappa shape index (κ1) is 25.4. The number of hydrogen-bond acceptors (Lipinski definition) is 8. The third kappa shape index (κ3) is 7.41. The van der Waals surface area contributed by atoms with Gasteiger partial charge < -0.3 is 28.4 Å². The average molecular weight is 484 g/mol. The highest BCUT2D eigenvalue weighted by molar-refractivity contribution is 5.68. The summed E-state index contributed by atoms with van der Waals surface area (Å²) in [7, 11) is 0. The van der Waals surface area contributed by atoms with Gasteiger partial charge in [0, 0.05) is 31.7 Å². The summed E-state index contributed by atoms with van der Waals surface area (Å²) in [5.74, 6) is 2.10. The predicted octanol–water partition coefficient (Wildman–Crippen LogP) is 4.20. The van der Waals surface area contributed by atoms with Crippen molar-refractivity contribution < 1.29 is 23.5 Å². The Bertz CT molecular complexity index is 984. The Morgan fingerprint density at radius 3 is 2.63 bits per heavy atom. The average Bonchev–Trinajstić information content (AvgIpc) is 3.54. The summed E-state index contributed by atoms with van der Waals surface area (Å²) < 4.78 is 22.5. The van der Waals surface area contributed by atoms with Crippen LogP contribution in [-0.2, 0) is 22.6 Å². The fraction of sp³-hybridized carbons (Fsp3) is 0.519. The molecule has 0 amide bonds. The molecule has 1 N–H and O–H groups in total. The van der Waals surface area contributed by atoms with E-state index in [0.29, 0.717) is 38.8 Å². The van der Waals surface area contributed by atoms with Gasteiger partial charge in [0.15, 0.2) is 0 Å². The summed E-state index contributed by atoms with van der Waals surface area (Å²) in [5.41, 5.74) is 2.92. The van der Waals surface area contributed by atoms with Crippen molar-refractivity contribution in [2.75, 3.05) is 50.9 Å². The topological polar surface area (TPSA) is 84.3 Å². The third-order valence-corrected chi connectivity index (χ3v) is 6.12. The van der Waals surface area contributed by atoms with Crippen LogP contribution in [0.15, 0.2) is 57.7 Å². The van der Waals surface area contributed by atoms with Gasteiger partial charge in [0.1, 0.15) is 18.1 Å². The van der Waals surface area contributed by atoms with E-state index in [1.165, 1.54) is 0 Å². The predicted molar refractivity (Wildman–Crippen MR) is 134 cm³/mol. The van der Waals surface area contributed by atoms with Crippen molar-refractivity contribution >= 4 is 5.88 Å². The number of ether oxygens (including phenoxy) is 2. The molecule has 35 heavy (non-hydrogen) atoms. The highest BCUT2D eigenvalue weighted by Gasteiger charge is 2.26. The molecule has 1 atom stereocenters. The van der Waals surface area contributed by atoms with E-state index in [1.54, 1.807) is 6.26 Å². The van der Waals surface area contributed by atoms with Crippen molar-refractivity contribution in [3.05, 3.63) is 60.1 Å². The van der Waals surface area contributed by atoms with Gasteiger partial charge in [-0.2, -0.15) is 0 Å². The van der Waals surface area contributed by atoms with Gasteiger partial charge in [-0.15, -0.1) is 0 Å². The fourth-order valence-electron chi connectivity index (χ4n) is 4.22. The Hall–Kier alpha value is -2.65. The van der Waals surface area contributed by atoms with E-state index < -0.39 is 6.10 Å². The number of rotatable bonds is 13. The van der Waals surface area contributed by atoms with Gasteiger partial charge in [-0.3, -0.25) is 4.90 Å². The largest absolute Gasteiger partial charge is 0.467 e. The molecule has 1 aromatic carbocycles. The molecule has 4 rings (SSSR count). The molecular weight excluding hydrogens is 446 g/mol. The number of anilines is 1. The molecule has 0 saturated carbocycles. The Morgan fingerprint density at radius 1 is 1.11 bits per heavy atom. The second-order valence-electron chi connectivity index (χ2n) is 9.45. The molecule has 190 valence electrons. The summed E-state index contributed by atoms with van der Waals surface area (Å²) >= 11 is 0. The zero-order valence-corrected chi connectivity index (χ0v) is 20.8. The number of hydrogen-bond donors (Lipinski definition) is 1. The van der Waals surface area contributed by atoms with Crippen molar-refractivity contribution in [1.82, 2.24) is 10.1 Å². The molecule has 0 spiro atoms. The SMILES string of the molecule is CC(C)CCN(Cc1c(-c2ccccc2)noc1N1CCOCC1)C[C@@H](O)COCc1ccco1. The monoisotopic (exact) mass is 483 g/mol. The van der Waals surface area contributed by atoms with Gasteiger partial charge in [0.25, 0.3) is 0 Å². The number of furan rings is 1. The first-order chi connectivity index (χ1) is 17.1. The lowest BCUT2D eigenvalue weighted by molar-refractivity contribution is 0.00326. The molecule has 0 radical (unpaired) electrons. The molecule has 8 heteroatoms. The number of morpholine rings is 1. The van der Waals surface area contributed by atoms with E-state index in [-0.39, 0.29) is 6.61 Å². The van der Waals surface area contributed by atoms with E-state index >= 15 is 0 Å². The minimum absolute atomic E-state index is 0.240. The molecular formula is C27H37N3O5. The number of aromatic nitrogens is 1. The van der Waals surface area contributed by atoms with E-state index in [2.05, 4.69) is 40.9 Å². The molecule has 1 fully saturated rings. The van der Waals surface area contributed by atoms with Crippen LogP contribution in [-0.4, -0.2) is 67.3 Å². The van der Waals surface area contributed by atoms with E-state index in [0.717, 1.165) is 54.5 Å². The molecule has 0 aliphatic carbocycles. The maximum absolute atomic E-state index is 10.8. The lowest BCUT2D eigenvalue weighted by Crippen LogP contribution is -2.38. The van der Waals surface area contributed by atoms with Crippen LogP contribution >= 0.6 is 0 Å². The Balaban J connectivity index is 1.50. The highest BCUT2D eigenvalue weighted by atomic mass is 16.5. The van der Waals surface area contributed by atoms with Crippen LogP contribution in [0.3, 0.4) is 0 Å².